The second-order valence-corrected chi connectivity index (χ2v) is 5.03. The van der Waals surface area contributed by atoms with Crippen molar-refractivity contribution in [2.24, 2.45) is 5.92 Å². The molecule has 1 aliphatic heterocycles. The van der Waals surface area contributed by atoms with Crippen LogP contribution in [0.4, 0.5) is 0 Å². The first-order valence-corrected chi connectivity index (χ1v) is 6.27. The minimum atomic E-state index is 0.306. The van der Waals surface area contributed by atoms with Crippen LogP contribution >= 0.6 is 0 Å². The number of amides is 1. The molecule has 1 N–H and O–H groups in total. The van der Waals surface area contributed by atoms with Crippen LogP contribution in [0, 0.1) is 5.92 Å². The van der Waals surface area contributed by atoms with E-state index < -0.39 is 0 Å². The van der Waals surface area contributed by atoms with Crippen molar-refractivity contribution in [3.8, 4) is 0 Å². The Bertz CT molecular complexity index is 230. The highest BCUT2D eigenvalue weighted by molar-refractivity contribution is 5.79. The molecule has 1 saturated heterocycles. The average Bonchev–Trinajstić information content (AvgIpc) is 2.44. The molecule has 2 unspecified atom stereocenters. The Labute approximate surface area is 92.2 Å². The van der Waals surface area contributed by atoms with Crippen LogP contribution in [-0.2, 0) is 4.79 Å². The van der Waals surface area contributed by atoms with Gasteiger partial charge in [-0.1, -0.05) is 19.8 Å². The van der Waals surface area contributed by atoms with Crippen molar-refractivity contribution >= 4 is 5.91 Å². The lowest BCUT2D eigenvalue weighted by atomic mass is 10.0. The van der Waals surface area contributed by atoms with E-state index in [4.69, 9.17) is 0 Å². The summed E-state index contributed by atoms with van der Waals surface area (Å²) in [6.07, 6.45) is 6.37. The minimum Gasteiger partial charge on any atom is -0.337 e. The standard InChI is InChI=1S/C12H22N2O/c1-10-3-2-4-11(6-5-10)14-8-7-13-9-12(14)15/h10-11,13H,2-9H2,1H3. The van der Waals surface area contributed by atoms with Gasteiger partial charge in [0.2, 0.25) is 5.91 Å². The first kappa shape index (κ1) is 10.9. The molecule has 1 amide bonds. The third-order valence-electron chi connectivity index (χ3n) is 3.79. The predicted octanol–water partition coefficient (Wildman–Crippen LogP) is 1.39. The summed E-state index contributed by atoms with van der Waals surface area (Å²) in [5.74, 6) is 1.16. The van der Waals surface area contributed by atoms with Gasteiger partial charge in [-0.2, -0.15) is 0 Å². The second kappa shape index (κ2) is 4.97. The molecule has 0 radical (unpaired) electrons. The molecule has 0 aromatic heterocycles. The van der Waals surface area contributed by atoms with Crippen molar-refractivity contribution in [1.82, 2.24) is 10.2 Å². The Balaban J connectivity index is 1.93. The maximum Gasteiger partial charge on any atom is 0.236 e. The number of rotatable bonds is 1. The van der Waals surface area contributed by atoms with Crippen LogP contribution in [0.2, 0.25) is 0 Å². The lowest BCUT2D eigenvalue weighted by Crippen LogP contribution is -2.52. The second-order valence-electron chi connectivity index (χ2n) is 5.03. The Morgan fingerprint density at radius 1 is 1.27 bits per heavy atom. The molecular formula is C12H22N2O. The minimum absolute atomic E-state index is 0.306. The summed E-state index contributed by atoms with van der Waals surface area (Å²) in [6, 6.07) is 0.532. The number of nitrogens with one attached hydrogen (secondary N) is 1. The van der Waals surface area contributed by atoms with E-state index in [9.17, 15) is 4.79 Å². The Morgan fingerprint density at radius 3 is 2.93 bits per heavy atom. The van der Waals surface area contributed by atoms with E-state index in [1.54, 1.807) is 0 Å². The van der Waals surface area contributed by atoms with Gasteiger partial charge in [0.05, 0.1) is 6.54 Å². The smallest absolute Gasteiger partial charge is 0.236 e. The van der Waals surface area contributed by atoms with Crippen LogP contribution in [0.25, 0.3) is 0 Å². The van der Waals surface area contributed by atoms with Gasteiger partial charge in [0, 0.05) is 19.1 Å². The molecule has 2 atom stereocenters. The first-order valence-electron chi connectivity index (χ1n) is 6.27. The summed E-state index contributed by atoms with van der Waals surface area (Å²) in [6.45, 7) is 4.77. The van der Waals surface area contributed by atoms with Crippen molar-refractivity contribution in [1.29, 1.82) is 0 Å². The third-order valence-corrected chi connectivity index (χ3v) is 3.79. The Morgan fingerprint density at radius 2 is 2.13 bits per heavy atom. The molecule has 1 aliphatic carbocycles. The van der Waals surface area contributed by atoms with E-state index in [2.05, 4.69) is 17.1 Å². The van der Waals surface area contributed by atoms with Crippen molar-refractivity contribution in [3.63, 3.8) is 0 Å². The molecule has 3 nitrogen and oxygen atoms in total. The summed E-state index contributed by atoms with van der Waals surface area (Å²) in [7, 11) is 0. The van der Waals surface area contributed by atoms with E-state index in [1.165, 1.54) is 32.1 Å². The van der Waals surface area contributed by atoms with Gasteiger partial charge in [-0.3, -0.25) is 4.79 Å². The van der Waals surface area contributed by atoms with Crippen LogP contribution < -0.4 is 5.32 Å². The molecule has 0 aromatic rings. The number of carbonyl (C=O) groups is 1. The van der Waals surface area contributed by atoms with Crippen LogP contribution in [0.1, 0.15) is 39.0 Å². The normalized spacial score (nSPS) is 33.9. The maximum atomic E-state index is 11.8. The van der Waals surface area contributed by atoms with Crippen molar-refractivity contribution in [2.45, 2.75) is 45.1 Å². The molecule has 0 spiro atoms. The van der Waals surface area contributed by atoms with Crippen molar-refractivity contribution in [3.05, 3.63) is 0 Å². The summed E-state index contributed by atoms with van der Waals surface area (Å²) in [5.41, 5.74) is 0. The number of carbonyl (C=O) groups excluding carboxylic acids is 1. The predicted molar refractivity (Wildman–Crippen MR) is 60.6 cm³/mol. The fourth-order valence-corrected chi connectivity index (χ4v) is 2.79. The molecule has 3 heteroatoms. The van der Waals surface area contributed by atoms with E-state index in [0.29, 0.717) is 18.5 Å². The van der Waals surface area contributed by atoms with Gasteiger partial charge >= 0.3 is 0 Å². The monoisotopic (exact) mass is 210 g/mol. The number of piperazine rings is 1. The van der Waals surface area contributed by atoms with Crippen LogP contribution in [0.15, 0.2) is 0 Å². The Kier molecular flexibility index (Phi) is 3.62. The summed E-state index contributed by atoms with van der Waals surface area (Å²) in [4.78, 5) is 13.9. The number of nitrogens with zero attached hydrogens (tertiary/aromatic N) is 1. The van der Waals surface area contributed by atoms with Crippen LogP contribution in [0.3, 0.4) is 0 Å². The molecular weight excluding hydrogens is 188 g/mol. The number of hydrogen-bond donors (Lipinski definition) is 1. The van der Waals surface area contributed by atoms with E-state index in [-0.39, 0.29) is 0 Å². The van der Waals surface area contributed by atoms with Gasteiger partial charge in [0.1, 0.15) is 0 Å². The zero-order valence-electron chi connectivity index (χ0n) is 9.67. The SMILES string of the molecule is CC1CCCC(N2CCNCC2=O)CC1. The van der Waals surface area contributed by atoms with Crippen LogP contribution in [-0.4, -0.2) is 36.5 Å². The quantitative estimate of drug-likeness (QED) is 0.663. The summed E-state index contributed by atoms with van der Waals surface area (Å²) >= 11 is 0. The molecule has 0 bridgehead atoms. The largest absolute Gasteiger partial charge is 0.337 e. The highest BCUT2D eigenvalue weighted by Crippen LogP contribution is 2.26. The first-order chi connectivity index (χ1) is 7.27. The maximum absolute atomic E-state index is 11.8. The van der Waals surface area contributed by atoms with E-state index in [0.717, 1.165) is 19.0 Å². The highest BCUT2D eigenvalue weighted by atomic mass is 16.2. The average molecular weight is 210 g/mol. The molecule has 2 fully saturated rings. The molecule has 1 saturated carbocycles. The van der Waals surface area contributed by atoms with Gasteiger partial charge in [0.15, 0.2) is 0 Å². The lowest BCUT2D eigenvalue weighted by Gasteiger charge is -2.34. The molecule has 1 heterocycles. The molecule has 0 aromatic carbocycles. The zero-order valence-corrected chi connectivity index (χ0v) is 9.67. The number of hydrogen-bond acceptors (Lipinski definition) is 2. The van der Waals surface area contributed by atoms with E-state index in [1.807, 2.05) is 0 Å². The van der Waals surface area contributed by atoms with Gasteiger partial charge < -0.3 is 10.2 Å². The van der Waals surface area contributed by atoms with Gasteiger partial charge in [-0.25, -0.2) is 0 Å². The highest BCUT2D eigenvalue weighted by Gasteiger charge is 2.27. The third kappa shape index (κ3) is 2.71. The van der Waals surface area contributed by atoms with Crippen molar-refractivity contribution < 1.29 is 4.79 Å². The fourth-order valence-electron chi connectivity index (χ4n) is 2.79. The van der Waals surface area contributed by atoms with Gasteiger partial charge in [0.25, 0.3) is 0 Å². The van der Waals surface area contributed by atoms with Crippen molar-refractivity contribution in [2.75, 3.05) is 19.6 Å². The lowest BCUT2D eigenvalue weighted by molar-refractivity contribution is -0.134. The van der Waals surface area contributed by atoms with Gasteiger partial charge in [-0.15, -0.1) is 0 Å². The van der Waals surface area contributed by atoms with Gasteiger partial charge in [-0.05, 0) is 25.2 Å². The Hall–Kier alpha value is -0.570. The van der Waals surface area contributed by atoms with E-state index >= 15 is 0 Å². The zero-order chi connectivity index (χ0) is 10.7. The molecule has 2 rings (SSSR count). The molecule has 15 heavy (non-hydrogen) atoms. The van der Waals surface area contributed by atoms with Crippen LogP contribution in [0.5, 0.6) is 0 Å². The topological polar surface area (TPSA) is 32.3 Å². The fraction of sp³-hybridized carbons (Fsp3) is 0.917. The molecule has 86 valence electrons. The summed E-state index contributed by atoms with van der Waals surface area (Å²) in [5, 5.41) is 3.14. The molecule has 2 aliphatic rings. The summed E-state index contributed by atoms with van der Waals surface area (Å²) < 4.78 is 0.